The van der Waals surface area contributed by atoms with Crippen LogP contribution in [0.3, 0.4) is 0 Å². The van der Waals surface area contributed by atoms with Gasteiger partial charge in [0.15, 0.2) is 5.75 Å². The molecule has 2 rings (SSSR count). The van der Waals surface area contributed by atoms with Crippen molar-refractivity contribution in [3.63, 3.8) is 0 Å². The Morgan fingerprint density at radius 1 is 1.11 bits per heavy atom. The molecule has 0 spiro atoms. The summed E-state index contributed by atoms with van der Waals surface area (Å²) in [6.07, 6.45) is 0. The first-order chi connectivity index (χ1) is 8.97. The molecule has 0 aliphatic carbocycles. The number of amides is 1. The van der Waals surface area contributed by atoms with Crippen LogP contribution in [0.1, 0.15) is 10.4 Å². The van der Waals surface area contributed by atoms with E-state index in [2.05, 4.69) is 0 Å². The highest BCUT2D eigenvalue weighted by Gasteiger charge is 2.13. The molecule has 6 heteroatoms. The minimum absolute atomic E-state index is 0.188. The predicted octanol–water partition coefficient (Wildman–Crippen LogP) is 3.47. The summed E-state index contributed by atoms with van der Waals surface area (Å²) in [5, 5.41) is 0.829. The van der Waals surface area contributed by atoms with Crippen LogP contribution in [0.4, 0.5) is 5.69 Å². The van der Waals surface area contributed by atoms with Gasteiger partial charge in [0.05, 0.1) is 11.3 Å². The van der Waals surface area contributed by atoms with Crippen LogP contribution in [-0.2, 0) is 0 Å². The molecule has 2 aromatic carbocycles. The third-order valence-corrected chi connectivity index (χ3v) is 2.80. The summed E-state index contributed by atoms with van der Waals surface area (Å²) in [5.74, 6) is -0.0679. The molecule has 0 bridgehead atoms. The van der Waals surface area contributed by atoms with Gasteiger partial charge in [-0.25, -0.2) is 0 Å². The van der Waals surface area contributed by atoms with E-state index in [1.54, 1.807) is 30.3 Å². The topological polar surface area (TPSA) is 78.3 Å². The van der Waals surface area contributed by atoms with E-state index >= 15 is 0 Å². The lowest BCUT2D eigenvalue weighted by Gasteiger charge is -2.12. The molecule has 0 unspecified atom stereocenters. The Hall–Kier alpha value is -1.91. The van der Waals surface area contributed by atoms with Gasteiger partial charge in [-0.1, -0.05) is 29.3 Å². The summed E-state index contributed by atoms with van der Waals surface area (Å²) in [6.45, 7) is 0. The number of hydrogen-bond acceptors (Lipinski definition) is 3. The molecule has 0 radical (unpaired) electrons. The lowest BCUT2D eigenvalue weighted by Crippen LogP contribution is -2.13. The molecule has 0 atom stereocenters. The van der Waals surface area contributed by atoms with Crippen molar-refractivity contribution in [1.82, 2.24) is 0 Å². The van der Waals surface area contributed by atoms with Gasteiger partial charge in [0.2, 0.25) is 0 Å². The Bertz CT molecular complexity index is 624. The maximum Gasteiger partial charge on any atom is 0.252 e. The number of primary amides is 1. The molecule has 0 saturated carbocycles. The second-order valence-corrected chi connectivity index (χ2v) is 4.67. The fraction of sp³-hybridized carbons (Fsp3) is 0. The monoisotopic (exact) mass is 296 g/mol. The summed E-state index contributed by atoms with van der Waals surface area (Å²) < 4.78 is 5.57. The molecule has 19 heavy (non-hydrogen) atoms. The average molecular weight is 297 g/mol. The fourth-order valence-corrected chi connectivity index (χ4v) is 2.07. The molecule has 0 heterocycles. The lowest BCUT2D eigenvalue weighted by atomic mass is 10.1. The number of benzene rings is 2. The van der Waals surface area contributed by atoms with Crippen LogP contribution in [0.15, 0.2) is 36.4 Å². The second kappa shape index (κ2) is 5.38. The maximum atomic E-state index is 11.3. The van der Waals surface area contributed by atoms with Crippen molar-refractivity contribution in [2.75, 3.05) is 5.73 Å². The van der Waals surface area contributed by atoms with Crippen LogP contribution >= 0.6 is 23.2 Å². The molecule has 0 saturated heterocycles. The molecule has 0 aromatic heterocycles. The normalized spacial score (nSPS) is 10.2. The number of anilines is 1. The van der Waals surface area contributed by atoms with Gasteiger partial charge in [0.25, 0.3) is 5.91 Å². The van der Waals surface area contributed by atoms with Crippen LogP contribution in [0.5, 0.6) is 11.5 Å². The van der Waals surface area contributed by atoms with E-state index in [1.165, 1.54) is 6.07 Å². The zero-order chi connectivity index (χ0) is 14.0. The number of nitrogen functional groups attached to an aromatic ring is 1. The van der Waals surface area contributed by atoms with Gasteiger partial charge in [-0.2, -0.15) is 0 Å². The first kappa shape index (κ1) is 13.5. The molecule has 0 aliphatic heterocycles. The van der Waals surface area contributed by atoms with Crippen molar-refractivity contribution in [3.8, 4) is 11.5 Å². The summed E-state index contributed by atoms with van der Waals surface area (Å²) in [7, 11) is 0. The quantitative estimate of drug-likeness (QED) is 0.851. The van der Waals surface area contributed by atoms with E-state index in [0.717, 1.165) is 0 Å². The Balaban J connectivity index is 2.45. The average Bonchev–Trinajstić information content (AvgIpc) is 2.30. The smallest absolute Gasteiger partial charge is 0.252 e. The SMILES string of the molecule is NC(=O)c1cccc(N)c1Oc1cc(Cl)cc(Cl)c1. The first-order valence-electron chi connectivity index (χ1n) is 5.29. The number of carbonyl (C=O) groups is 1. The van der Waals surface area contributed by atoms with Crippen molar-refractivity contribution in [2.45, 2.75) is 0 Å². The zero-order valence-electron chi connectivity index (χ0n) is 9.69. The number of carbonyl (C=O) groups excluding carboxylic acids is 1. The van der Waals surface area contributed by atoms with Gasteiger partial charge in [0.1, 0.15) is 5.75 Å². The highest BCUT2D eigenvalue weighted by atomic mass is 35.5. The third kappa shape index (κ3) is 3.10. The summed E-state index contributed by atoms with van der Waals surface area (Å²) in [5.41, 5.74) is 11.5. The van der Waals surface area contributed by atoms with Crippen molar-refractivity contribution in [1.29, 1.82) is 0 Å². The second-order valence-electron chi connectivity index (χ2n) is 3.80. The fourth-order valence-electron chi connectivity index (χ4n) is 1.57. The van der Waals surface area contributed by atoms with E-state index < -0.39 is 5.91 Å². The van der Waals surface area contributed by atoms with E-state index in [4.69, 9.17) is 39.4 Å². The molecule has 0 fully saturated rings. The Morgan fingerprint density at radius 3 is 2.32 bits per heavy atom. The summed E-state index contributed by atoms with van der Waals surface area (Å²) >= 11 is 11.7. The van der Waals surface area contributed by atoms with Crippen LogP contribution in [-0.4, -0.2) is 5.91 Å². The van der Waals surface area contributed by atoms with E-state index in [-0.39, 0.29) is 11.3 Å². The van der Waals surface area contributed by atoms with E-state index in [0.29, 0.717) is 21.5 Å². The number of para-hydroxylation sites is 1. The van der Waals surface area contributed by atoms with Crippen molar-refractivity contribution >= 4 is 34.8 Å². The molecule has 1 amide bonds. The summed E-state index contributed by atoms with van der Waals surface area (Å²) in [4.78, 5) is 11.3. The minimum Gasteiger partial charge on any atom is -0.454 e. The molecule has 4 nitrogen and oxygen atoms in total. The molecule has 98 valence electrons. The van der Waals surface area contributed by atoms with Gasteiger partial charge >= 0.3 is 0 Å². The molecule has 2 aromatic rings. The van der Waals surface area contributed by atoms with Crippen molar-refractivity contribution < 1.29 is 9.53 Å². The van der Waals surface area contributed by atoms with Crippen molar-refractivity contribution in [3.05, 3.63) is 52.0 Å². The predicted molar refractivity (Wildman–Crippen MR) is 75.9 cm³/mol. The lowest BCUT2D eigenvalue weighted by molar-refractivity contribution is 0.0998. The summed E-state index contributed by atoms with van der Waals surface area (Å²) in [6, 6.07) is 9.44. The van der Waals surface area contributed by atoms with Crippen LogP contribution in [0.25, 0.3) is 0 Å². The number of ether oxygens (including phenoxy) is 1. The van der Waals surface area contributed by atoms with Gasteiger partial charge in [0, 0.05) is 10.0 Å². The Kier molecular flexibility index (Phi) is 3.83. The molecule has 0 aliphatic rings. The van der Waals surface area contributed by atoms with E-state index in [1.807, 2.05) is 0 Å². The molecular weight excluding hydrogens is 287 g/mol. The Labute approximate surface area is 119 Å². The zero-order valence-corrected chi connectivity index (χ0v) is 11.2. The van der Waals surface area contributed by atoms with Gasteiger partial charge < -0.3 is 16.2 Å². The Morgan fingerprint density at radius 2 is 1.74 bits per heavy atom. The van der Waals surface area contributed by atoms with Crippen LogP contribution in [0.2, 0.25) is 10.0 Å². The number of rotatable bonds is 3. The molecular formula is C13H10Cl2N2O2. The standard InChI is InChI=1S/C13H10Cl2N2O2/c14-7-4-8(15)6-9(5-7)19-12-10(13(17)18)2-1-3-11(12)16/h1-6H,16H2,(H2,17,18). The number of nitrogens with two attached hydrogens (primary N) is 2. The highest BCUT2D eigenvalue weighted by molar-refractivity contribution is 6.34. The van der Waals surface area contributed by atoms with Crippen LogP contribution in [0, 0.1) is 0 Å². The van der Waals surface area contributed by atoms with Crippen molar-refractivity contribution in [2.24, 2.45) is 5.73 Å². The van der Waals surface area contributed by atoms with Gasteiger partial charge in [-0.15, -0.1) is 0 Å². The maximum absolute atomic E-state index is 11.3. The van der Waals surface area contributed by atoms with Crippen LogP contribution < -0.4 is 16.2 Å². The third-order valence-electron chi connectivity index (χ3n) is 2.37. The number of hydrogen-bond donors (Lipinski definition) is 2. The highest BCUT2D eigenvalue weighted by Crippen LogP contribution is 2.33. The largest absolute Gasteiger partial charge is 0.454 e. The van der Waals surface area contributed by atoms with E-state index in [9.17, 15) is 4.79 Å². The number of halogens is 2. The molecule has 4 N–H and O–H groups in total. The van der Waals surface area contributed by atoms with Gasteiger partial charge in [-0.05, 0) is 30.3 Å². The first-order valence-corrected chi connectivity index (χ1v) is 6.05. The van der Waals surface area contributed by atoms with Gasteiger partial charge in [-0.3, -0.25) is 4.79 Å². The minimum atomic E-state index is -0.629.